The number of rotatable bonds is 8. The molecule has 0 atom stereocenters. The van der Waals surface area contributed by atoms with Gasteiger partial charge in [0.05, 0.1) is 0 Å². The zero-order chi connectivity index (χ0) is 12.2. The first-order chi connectivity index (χ1) is 7.79. The predicted molar refractivity (Wildman–Crippen MR) is 68.3 cm³/mol. The van der Waals surface area contributed by atoms with Gasteiger partial charge in [0.15, 0.2) is 0 Å². The average molecular weight is 230 g/mol. The molecule has 0 bridgehead atoms. The van der Waals surface area contributed by atoms with E-state index in [-0.39, 0.29) is 0 Å². The molecule has 0 aliphatic carbocycles. The van der Waals surface area contributed by atoms with Gasteiger partial charge in [-0.25, -0.2) is 5.84 Å². The first-order valence-electron chi connectivity index (χ1n) is 6.13. The summed E-state index contributed by atoms with van der Waals surface area (Å²) in [5.74, 6) is 6.25. The van der Waals surface area contributed by atoms with Crippen LogP contribution in [0.25, 0.3) is 0 Å². The molecule has 0 aromatic carbocycles. The van der Waals surface area contributed by atoms with E-state index in [9.17, 15) is 0 Å². The van der Waals surface area contributed by atoms with Crippen molar-refractivity contribution in [2.24, 2.45) is 10.8 Å². The largest absolute Gasteiger partial charge is 0.382 e. The Morgan fingerprint density at radius 3 is 2.62 bits per heavy atom. The number of nitrogens with zero attached hydrogens (tertiary/aromatic N) is 2. The maximum atomic E-state index is 5.47. The summed E-state index contributed by atoms with van der Waals surface area (Å²) in [7, 11) is 0. The molecule has 0 spiro atoms. The van der Waals surface area contributed by atoms with Crippen LogP contribution in [-0.4, -0.2) is 43.7 Å². The van der Waals surface area contributed by atoms with Gasteiger partial charge in [0.2, 0.25) is 5.96 Å². The third kappa shape index (κ3) is 6.63. The van der Waals surface area contributed by atoms with Crippen molar-refractivity contribution in [1.29, 1.82) is 0 Å². The number of nitrogens with two attached hydrogens (primary N) is 1. The van der Waals surface area contributed by atoms with Crippen LogP contribution in [0.5, 0.6) is 0 Å². The summed E-state index contributed by atoms with van der Waals surface area (Å²) in [5, 5.41) is 0. The van der Waals surface area contributed by atoms with Gasteiger partial charge in [-0.05, 0) is 26.7 Å². The topological polar surface area (TPSA) is 62.9 Å². The lowest BCUT2D eigenvalue weighted by Gasteiger charge is -2.23. The molecule has 0 aliphatic rings. The van der Waals surface area contributed by atoms with Crippen LogP contribution in [0, 0.1) is 0 Å². The van der Waals surface area contributed by atoms with Crippen LogP contribution in [0.2, 0.25) is 0 Å². The lowest BCUT2D eigenvalue weighted by molar-refractivity contribution is 0.146. The third-order valence-corrected chi connectivity index (χ3v) is 2.22. The molecule has 0 aromatic rings. The highest BCUT2D eigenvalue weighted by Crippen LogP contribution is 1.93. The monoisotopic (exact) mass is 230 g/mol. The molecule has 0 aromatic heterocycles. The highest BCUT2D eigenvalue weighted by Gasteiger charge is 2.05. The maximum absolute atomic E-state index is 5.47. The molecule has 96 valence electrons. The SMILES string of the molecule is CCCN(CC)C(=NCCCOCC)NN. The van der Waals surface area contributed by atoms with Crippen LogP contribution >= 0.6 is 0 Å². The van der Waals surface area contributed by atoms with Crippen molar-refractivity contribution in [3.8, 4) is 0 Å². The number of hydrogen-bond acceptors (Lipinski definition) is 3. The van der Waals surface area contributed by atoms with E-state index in [0.29, 0.717) is 0 Å². The zero-order valence-electron chi connectivity index (χ0n) is 10.8. The fourth-order valence-electron chi connectivity index (χ4n) is 1.42. The molecule has 0 unspecified atom stereocenters. The van der Waals surface area contributed by atoms with E-state index in [1.54, 1.807) is 0 Å². The smallest absolute Gasteiger partial charge is 0.208 e. The summed E-state index contributed by atoms with van der Waals surface area (Å²) in [5.41, 5.74) is 2.66. The molecule has 0 saturated heterocycles. The highest BCUT2D eigenvalue weighted by atomic mass is 16.5. The molecule has 16 heavy (non-hydrogen) atoms. The Labute approximate surface area is 99.0 Å². The van der Waals surface area contributed by atoms with E-state index in [4.69, 9.17) is 10.6 Å². The first kappa shape index (κ1) is 15.2. The molecule has 0 amide bonds. The molecular formula is C11H26N4O. The van der Waals surface area contributed by atoms with Gasteiger partial charge in [-0.1, -0.05) is 6.92 Å². The molecule has 0 radical (unpaired) electrons. The van der Waals surface area contributed by atoms with Gasteiger partial charge in [-0.3, -0.25) is 10.4 Å². The van der Waals surface area contributed by atoms with Gasteiger partial charge < -0.3 is 9.64 Å². The molecule has 0 aliphatic heterocycles. The number of nitrogens with one attached hydrogen (secondary N) is 1. The fraction of sp³-hybridized carbons (Fsp3) is 0.909. The second-order valence-electron chi connectivity index (χ2n) is 3.48. The highest BCUT2D eigenvalue weighted by molar-refractivity contribution is 5.79. The van der Waals surface area contributed by atoms with Crippen molar-refractivity contribution in [2.75, 3.05) is 32.8 Å². The number of hydrazine groups is 1. The summed E-state index contributed by atoms with van der Waals surface area (Å²) in [6, 6.07) is 0. The molecule has 0 saturated carbocycles. The number of hydrogen-bond donors (Lipinski definition) is 2. The summed E-state index contributed by atoms with van der Waals surface area (Å²) >= 11 is 0. The Morgan fingerprint density at radius 1 is 1.38 bits per heavy atom. The molecule has 0 heterocycles. The average Bonchev–Trinajstić information content (AvgIpc) is 2.31. The van der Waals surface area contributed by atoms with Crippen LogP contribution in [-0.2, 0) is 4.74 Å². The van der Waals surface area contributed by atoms with Crippen LogP contribution in [0.15, 0.2) is 4.99 Å². The van der Waals surface area contributed by atoms with Crippen LogP contribution < -0.4 is 11.3 Å². The van der Waals surface area contributed by atoms with Gasteiger partial charge in [-0.2, -0.15) is 0 Å². The van der Waals surface area contributed by atoms with Crippen LogP contribution in [0.4, 0.5) is 0 Å². The Hall–Kier alpha value is -0.810. The summed E-state index contributed by atoms with van der Waals surface area (Å²) < 4.78 is 5.25. The van der Waals surface area contributed by atoms with Crippen molar-refractivity contribution in [1.82, 2.24) is 10.3 Å². The van der Waals surface area contributed by atoms with E-state index in [2.05, 4.69) is 29.2 Å². The molecule has 5 heteroatoms. The van der Waals surface area contributed by atoms with Gasteiger partial charge in [0.25, 0.3) is 0 Å². The Balaban J connectivity index is 3.97. The van der Waals surface area contributed by atoms with Crippen molar-refractivity contribution in [2.45, 2.75) is 33.6 Å². The normalized spacial score (nSPS) is 11.6. The number of guanidine groups is 1. The standard InChI is InChI=1S/C11H26N4O/c1-4-9-15(5-2)11(14-12)13-8-7-10-16-6-3/h4-10,12H2,1-3H3,(H,13,14). The minimum absolute atomic E-state index is 0.750. The Morgan fingerprint density at radius 2 is 2.12 bits per heavy atom. The molecule has 5 nitrogen and oxygen atoms in total. The van der Waals surface area contributed by atoms with Crippen molar-refractivity contribution < 1.29 is 4.74 Å². The molecular weight excluding hydrogens is 204 g/mol. The van der Waals surface area contributed by atoms with E-state index in [1.807, 2.05) is 6.92 Å². The third-order valence-electron chi connectivity index (χ3n) is 2.22. The minimum atomic E-state index is 0.750. The molecule has 0 fully saturated rings. The quantitative estimate of drug-likeness (QED) is 0.214. The van der Waals surface area contributed by atoms with E-state index < -0.39 is 0 Å². The van der Waals surface area contributed by atoms with Crippen molar-refractivity contribution >= 4 is 5.96 Å². The Bertz CT molecular complexity index is 185. The van der Waals surface area contributed by atoms with Crippen LogP contribution in [0.3, 0.4) is 0 Å². The van der Waals surface area contributed by atoms with E-state index in [1.165, 1.54) is 0 Å². The summed E-state index contributed by atoms with van der Waals surface area (Å²) in [6.07, 6.45) is 2.02. The van der Waals surface area contributed by atoms with Crippen molar-refractivity contribution in [3.05, 3.63) is 0 Å². The zero-order valence-corrected chi connectivity index (χ0v) is 10.8. The number of ether oxygens (including phenoxy) is 1. The Kier molecular flexibility index (Phi) is 10.2. The number of aliphatic imine (C=N–C) groups is 1. The lowest BCUT2D eigenvalue weighted by Crippen LogP contribution is -2.45. The maximum Gasteiger partial charge on any atom is 0.208 e. The van der Waals surface area contributed by atoms with E-state index in [0.717, 1.165) is 51.6 Å². The van der Waals surface area contributed by atoms with Gasteiger partial charge in [0, 0.05) is 32.8 Å². The van der Waals surface area contributed by atoms with Crippen LogP contribution in [0.1, 0.15) is 33.6 Å². The van der Waals surface area contributed by atoms with Crippen molar-refractivity contribution in [3.63, 3.8) is 0 Å². The second-order valence-corrected chi connectivity index (χ2v) is 3.48. The summed E-state index contributed by atoms with van der Waals surface area (Å²) in [6.45, 7) is 10.4. The van der Waals surface area contributed by atoms with E-state index >= 15 is 0 Å². The molecule has 0 rings (SSSR count). The fourth-order valence-corrected chi connectivity index (χ4v) is 1.42. The summed E-state index contributed by atoms with van der Waals surface area (Å²) in [4.78, 5) is 6.57. The molecule has 3 N–H and O–H groups in total. The second kappa shape index (κ2) is 10.7. The lowest BCUT2D eigenvalue weighted by atomic mass is 10.4. The minimum Gasteiger partial charge on any atom is -0.382 e. The predicted octanol–water partition coefficient (Wildman–Crippen LogP) is 0.964. The van der Waals surface area contributed by atoms with Gasteiger partial charge in [0.1, 0.15) is 0 Å². The van der Waals surface area contributed by atoms with Gasteiger partial charge in [-0.15, -0.1) is 0 Å². The first-order valence-corrected chi connectivity index (χ1v) is 6.13. The van der Waals surface area contributed by atoms with Gasteiger partial charge >= 0.3 is 0 Å².